The van der Waals surface area contributed by atoms with E-state index in [2.05, 4.69) is 5.32 Å². The Hall–Kier alpha value is -4.26. The maximum atomic E-state index is 14.0. The first-order chi connectivity index (χ1) is 18.2. The van der Waals surface area contributed by atoms with Crippen LogP contribution in [-0.2, 0) is 21.2 Å². The van der Waals surface area contributed by atoms with E-state index in [0.717, 1.165) is 29.2 Å². The van der Waals surface area contributed by atoms with E-state index in [9.17, 15) is 31.2 Å². The van der Waals surface area contributed by atoms with Crippen molar-refractivity contribution in [3.8, 4) is 11.5 Å². The quantitative estimate of drug-likeness (QED) is 0.451. The molecule has 1 aliphatic rings. The normalized spacial score (nSPS) is 14.4. The van der Waals surface area contributed by atoms with E-state index in [1.54, 1.807) is 30.7 Å². The molecule has 0 saturated heterocycles. The summed E-state index contributed by atoms with van der Waals surface area (Å²) in [5.41, 5.74) is 0.348. The summed E-state index contributed by atoms with van der Waals surface area (Å²) in [6.07, 6.45) is -0.400. The van der Waals surface area contributed by atoms with Gasteiger partial charge in [0.05, 0.1) is 0 Å². The van der Waals surface area contributed by atoms with Gasteiger partial charge in [0, 0.05) is 45.1 Å². The predicted octanol–water partition coefficient (Wildman–Crippen LogP) is 3.87. The average Bonchev–Trinajstić information content (AvgIpc) is 3.14. The number of rotatable bonds is 7. The Bertz CT molecular complexity index is 1530. The summed E-state index contributed by atoms with van der Waals surface area (Å²) in [5, 5.41) is 2.22. The molecule has 0 fully saturated rings. The first kappa shape index (κ1) is 27.8. The van der Waals surface area contributed by atoms with Gasteiger partial charge < -0.3 is 19.7 Å². The van der Waals surface area contributed by atoms with Crippen LogP contribution >= 0.6 is 0 Å². The van der Waals surface area contributed by atoms with Gasteiger partial charge in [-0.1, -0.05) is 12.1 Å². The molecule has 0 saturated carbocycles. The van der Waals surface area contributed by atoms with Crippen LogP contribution in [0.1, 0.15) is 19.4 Å². The molecule has 39 heavy (non-hydrogen) atoms. The van der Waals surface area contributed by atoms with Crippen LogP contribution in [0.4, 0.5) is 23.7 Å². The van der Waals surface area contributed by atoms with Gasteiger partial charge in [-0.15, -0.1) is 0 Å². The summed E-state index contributed by atoms with van der Waals surface area (Å²) in [7, 11) is -3.26. The molecule has 1 atom stereocenters. The Morgan fingerprint density at radius 2 is 1.59 bits per heavy atom. The van der Waals surface area contributed by atoms with Crippen molar-refractivity contribution in [3.05, 3.63) is 83.7 Å². The Labute approximate surface area is 222 Å². The molecular formula is C26H24F3N3O6S. The number of sulfonamides is 1. The van der Waals surface area contributed by atoms with Crippen molar-refractivity contribution in [2.24, 2.45) is 0 Å². The summed E-state index contributed by atoms with van der Waals surface area (Å²) in [6.45, 7) is 3.40. The van der Waals surface area contributed by atoms with E-state index in [1.807, 2.05) is 0 Å². The first-order valence-corrected chi connectivity index (χ1v) is 13.0. The molecule has 0 spiro atoms. The highest BCUT2D eigenvalue weighted by Crippen LogP contribution is 2.41. The standard InChI is InChI=1S/C26H24F3N3O6S/c1-26(2)37-21-9-8-18(14-22(21)38-26)32(3)24(33)20(12-15-10-16(27)13-17(28)11-15)30-25(34)31-39(35,36)23-7-5-4-6-19(23)29/h4-11,13-14,20H,12H2,1-3H3,(H2,30,31,34)/t20-/m0/s1. The minimum absolute atomic E-state index is 0.0175. The highest BCUT2D eigenvalue weighted by molar-refractivity contribution is 7.90. The lowest BCUT2D eigenvalue weighted by atomic mass is 10.0. The van der Waals surface area contributed by atoms with Crippen molar-refractivity contribution in [2.75, 3.05) is 11.9 Å². The zero-order chi connectivity index (χ0) is 28.5. The molecule has 3 aromatic carbocycles. The summed E-state index contributed by atoms with van der Waals surface area (Å²) in [6, 6.07) is 8.81. The Kier molecular flexibility index (Phi) is 7.46. The summed E-state index contributed by atoms with van der Waals surface area (Å²) in [5.74, 6) is -3.77. The molecule has 0 bridgehead atoms. The number of benzene rings is 3. The summed E-state index contributed by atoms with van der Waals surface area (Å²) < 4.78 is 79.8. The third kappa shape index (κ3) is 6.42. The van der Waals surface area contributed by atoms with Gasteiger partial charge in [-0.25, -0.2) is 31.1 Å². The maximum absolute atomic E-state index is 14.0. The van der Waals surface area contributed by atoms with Crippen LogP contribution in [0.5, 0.6) is 11.5 Å². The minimum atomic E-state index is -4.65. The second-order valence-electron chi connectivity index (χ2n) is 9.18. The van der Waals surface area contributed by atoms with Gasteiger partial charge in [0.15, 0.2) is 11.5 Å². The topological polar surface area (TPSA) is 114 Å². The molecule has 1 heterocycles. The molecule has 9 nitrogen and oxygen atoms in total. The number of halogens is 3. The first-order valence-electron chi connectivity index (χ1n) is 11.6. The molecule has 1 aliphatic heterocycles. The Morgan fingerprint density at radius 1 is 0.949 bits per heavy atom. The van der Waals surface area contributed by atoms with Crippen LogP contribution in [0.25, 0.3) is 0 Å². The number of anilines is 1. The number of fused-ring (bicyclic) bond motifs is 1. The van der Waals surface area contributed by atoms with Crippen LogP contribution in [0.2, 0.25) is 0 Å². The monoisotopic (exact) mass is 563 g/mol. The van der Waals surface area contributed by atoms with Gasteiger partial charge in [-0.2, -0.15) is 0 Å². The lowest BCUT2D eigenvalue weighted by molar-refractivity contribution is -0.120. The smallest absolute Gasteiger partial charge is 0.329 e. The molecule has 3 aromatic rings. The van der Waals surface area contributed by atoms with E-state index >= 15 is 0 Å². The summed E-state index contributed by atoms with van der Waals surface area (Å²) >= 11 is 0. The molecule has 3 amide bonds. The number of nitrogens with one attached hydrogen (secondary N) is 2. The van der Waals surface area contributed by atoms with Crippen molar-refractivity contribution < 1.29 is 40.7 Å². The lowest BCUT2D eigenvalue weighted by Gasteiger charge is -2.25. The molecule has 0 radical (unpaired) electrons. The molecule has 2 N–H and O–H groups in total. The minimum Gasteiger partial charge on any atom is -0.449 e. The highest BCUT2D eigenvalue weighted by Gasteiger charge is 2.33. The molecule has 13 heteroatoms. The number of likely N-dealkylation sites (N-methyl/N-ethyl adjacent to an activating group) is 1. The molecule has 0 aromatic heterocycles. The number of carbonyl (C=O) groups excluding carboxylic acids is 2. The van der Waals surface area contributed by atoms with Gasteiger partial charge in [0.2, 0.25) is 11.7 Å². The molecular weight excluding hydrogens is 539 g/mol. The second kappa shape index (κ2) is 10.5. The average molecular weight is 564 g/mol. The van der Waals surface area contributed by atoms with Crippen LogP contribution < -0.4 is 24.4 Å². The van der Waals surface area contributed by atoms with Gasteiger partial charge in [-0.05, 0) is 42.0 Å². The SMILES string of the molecule is CN(C(=O)[C@H](Cc1cc(F)cc(F)c1)NC(=O)NS(=O)(=O)c1ccccc1F)c1ccc2c(c1)OC(C)(C)O2. The van der Waals surface area contributed by atoms with Crippen LogP contribution in [0.15, 0.2) is 65.6 Å². The van der Waals surface area contributed by atoms with Crippen molar-refractivity contribution in [3.63, 3.8) is 0 Å². The van der Waals surface area contributed by atoms with Crippen molar-refractivity contribution in [1.29, 1.82) is 0 Å². The van der Waals surface area contributed by atoms with Crippen LogP contribution in [0.3, 0.4) is 0 Å². The maximum Gasteiger partial charge on any atom is 0.329 e. The molecule has 4 rings (SSSR count). The zero-order valence-corrected chi connectivity index (χ0v) is 21.8. The Morgan fingerprint density at radius 3 is 2.26 bits per heavy atom. The van der Waals surface area contributed by atoms with E-state index in [4.69, 9.17) is 9.47 Å². The van der Waals surface area contributed by atoms with Crippen LogP contribution in [0, 0.1) is 17.5 Å². The molecule has 0 unspecified atom stereocenters. The van der Waals surface area contributed by atoms with E-state index in [-0.39, 0.29) is 5.56 Å². The number of urea groups is 1. The van der Waals surface area contributed by atoms with Gasteiger partial charge >= 0.3 is 6.03 Å². The molecule has 0 aliphatic carbocycles. The highest BCUT2D eigenvalue weighted by atomic mass is 32.2. The third-order valence-corrected chi connectivity index (χ3v) is 7.04. The van der Waals surface area contributed by atoms with E-state index in [1.165, 1.54) is 25.2 Å². The predicted molar refractivity (Wildman–Crippen MR) is 134 cm³/mol. The number of hydrogen-bond donors (Lipinski definition) is 2. The number of nitrogens with zero attached hydrogens (tertiary/aromatic N) is 1. The second-order valence-corrected chi connectivity index (χ2v) is 10.8. The number of ether oxygens (including phenoxy) is 2. The van der Waals surface area contributed by atoms with E-state index < -0.39 is 62.6 Å². The summed E-state index contributed by atoms with van der Waals surface area (Å²) in [4.78, 5) is 26.5. The zero-order valence-electron chi connectivity index (χ0n) is 21.0. The van der Waals surface area contributed by atoms with E-state index in [0.29, 0.717) is 23.3 Å². The fourth-order valence-corrected chi connectivity index (χ4v) is 4.97. The van der Waals surface area contributed by atoms with Crippen molar-refractivity contribution >= 4 is 27.6 Å². The van der Waals surface area contributed by atoms with Crippen molar-refractivity contribution in [1.82, 2.24) is 10.0 Å². The lowest BCUT2D eigenvalue weighted by Crippen LogP contribution is -2.52. The van der Waals surface area contributed by atoms with Gasteiger partial charge in [0.25, 0.3) is 10.0 Å². The van der Waals surface area contributed by atoms with Gasteiger partial charge in [0.1, 0.15) is 28.4 Å². The molecule has 206 valence electrons. The number of carbonyl (C=O) groups is 2. The third-order valence-electron chi connectivity index (χ3n) is 5.68. The largest absolute Gasteiger partial charge is 0.449 e. The van der Waals surface area contributed by atoms with Crippen LogP contribution in [-0.4, -0.2) is 39.2 Å². The van der Waals surface area contributed by atoms with Crippen molar-refractivity contribution in [2.45, 2.75) is 37.0 Å². The number of amides is 3. The Balaban J connectivity index is 1.59. The number of hydrogen-bond acceptors (Lipinski definition) is 6. The fraction of sp³-hybridized carbons (Fsp3) is 0.231. The fourth-order valence-electron chi connectivity index (χ4n) is 3.97. The van der Waals surface area contributed by atoms with Gasteiger partial charge in [-0.3, -0.25) is 4.79 Å².